The molecular formula is C10H10ClN3. The van der Waals surface area contributed by atoms with E-state index in [0.29, 0.717) is 0 Å². The van der Waals surface area contributed by atoms with E-state index in [2.05, 4.69) is 10.3 Å². The van der Waals surface area contributed by atoms with Crippen LogP contribution in [0.1, 0.15) is 12.4 Å². The molecule has 1 aliphatic carbocycles. The van der Waals surface area contributed by atoms with Crippen molar-refractivity contribution in [1.29, 1.82) is 0 Å². The SMILES string of the molecule is CC(Cl)n1nnc2/c1=C\C=C/C=C\C=2. The third kappa shape index (κ3) is 1.63. The predicted octanol–water partition coefficient (Wildman–Crippen LogP) is 0.722. The van der Waals surface area contributed by atoms with Crippen LogP contribution >= 0.6 is 11.6 Å². The fraction of sp³-hybridized carbons (Fsp3) is 0.200. The van der Waals surface area contributed by atoms with Crippen molar-refractivity contribution in [3.05, 3.63) is 35.0 Å². The standard InChI is InChI=1S/C10H10ClN3/c1-8(11)14-10-7-5-3-2-4-6-9(10)12-13-14/h2-8H,1H3/b3-2?,4-2-,5-3-,6-4?,7-5?,9-6+,10-7+. The quantitative estimate of drug-likeness (QED) is 0.636. The van der Waals surface area contributed by atoms with Gasteiger partial charge in [0, 0.05) is 0 Å². The number of fused-ring (bicyclic) bond motifs is 1. The molecule has 4 heteroatoms. The highest BCUT2D eigenvalue weighted by Crippen LogP contribution is 2.02. The van der Waals surface area contributed by atoms with Crippen LogP contribution in [0.2, 0.25) is 0 Å². The van der Waals surface area contributed by atoms with Crippen LogP contribution in [0, 0.1) is 0 Å². The Balaban J connectivity index is 2.72. The first-order valence-electron chi connectivity index (χ1n) is 4.39. The van der Waals surface area contributed by atoms with E-state index in [-0.39, 0.29) is 5.50 Å². The number of aromatic nitrogens is 3. The molecule has 0 aromatic carbocycles. The largest absolute Gasteiger partial charge is 0.227 e. The highest BCUT2D eigenvalue weighted by Gasteiger charge is 2.03. The minimum absolute atomic E-state index is 0.187. The lowest BCUT2D eigenvalue weighted by molar-refractivity contribution is 0.589. The van der Waals surface area contributed by atoms with Gasteiger partial charge >= 0.3 is 0 Å². The first-order chi connectivity index (χ1) is 6.79. The average molecular weight is 208 g/mol. The summed E-state index contributed by atoms with van der Waals surface area (Å²) in [6.07, 6.45) is 11.6. The Labute approximate surface area is 86.7 Å². The summed E-state index contributed by atoms with van der Waals surface area (Å²) >= 11 is 5.96. The van der Waals surface area contributed by atoms with Gasteiger partial charge in [-0.15, -0.1) is 5.10 Å². The maximum atomic E-state index is 5.96. The fourth-order valence-electron chi connectivity index (χ4n) is 1.28. The van der Waals surface area contributed by atoms with E-state index in [1.54, 1.807) is 4.68 Å². The second-order valence-corrected chi connectivity index (χ2v) is 3.61. The zero-order valence-electron chi connectivity index (χ0n) is 7.76. The van der Waals surface area contributed by atoms with Crippen molar-refractivity contribution < 1.29 is 0 Å². The number of hydrogen-bond acceptors (Lipinski definition) is 2. The first kappa shape index (κ1) is 9.21. The lowest BCUT2D eigenvalue weighted by atomic mass is 10.3. The summed E-state index contributed by atoms with van der Waals surface area (Å²) in [6, 6.07) is 0. The van der Waals surface area contributed by atoms with Crippen LogP contribution in [0.4, 0.5) is 0 Å². The topological polar surface area (TPSA) is 30.7 Å². The van der Waals surface area contributed by atoms with E-state index in [1.807, 2.05) is 43.4 Å². The molecule has 14 heavy (non-hydrogen) atoms. The lowest BCUT2D eigenvalue weighted by Crippen LogP contribution is -2.30. The van der Waals surface area contributed by atoms with E-state index in [0.717, 1.165) is 10.7 Å². The summed E-state index contributed by atoms with van der Waals surface area (Å²) in [5.74, 6) is 0. The number of allylic oxidation sites excluding steroid dienone is 4. The summed E-state index contributed by atoms with van der Waals surface area (Å²) in [7, 11) is 0. The summed E-state index contributed by atoms with van der Waals surface area (Å²) in [5.41, 5.74) is -0.187. The van der Waals surface area contributed by atoms with E-state index < -0.39 is 0 Å². The van der Waals surface area contributed by atoms with Crippen LogP contribution in [0.15, 0.2) is 24.3 Å². The van der Waals surface area contributed by atoms with Crippen LogP contribution < -0.4 is 10.7 Å². The second kappa shape index (κ2) is 3.80. The number of halogens is 1. The monoisotopic (exact) mass is 207 g/mol. The summed E-state index contributed by atoms with van der Waals surface area (Å²) in [4.78, 5) is 0. The zero-order valence-corrected chi connectivity index (χ0v) is 8.52. The molecule has 0 aliphatic heterocycles. The molecule has 0 radical (unpaired) electrons. The molecule has 3 nitrogen and oxygen atoms in total. The van der Waals surface area contributed by atoms with Crippen LogP contribution in [0.5, 0.6) is 0 Å². The first-order valence-corrected chi connectivity index (χ1v) is 4.83. The van der Waals surface area contributed by atoms with Crippen molar-refractivity contribution in [2.75, 3.05) is 0 Å². The molecule has 0 spiro atoms. The normalized spacial score (nSPS) is 25.6. The Morgan fingerprint density at radius 2 is 1.93 bits per heavy atom. The molecule has 1 heterocycles. The molecule has 0 fully saturated rings. The minimum atomic E-state index is -0.187. The maximum absolute atomic E-state index is 5.96. The number of rotatable bonds is 1. The molecule has 0 saturated heterocycles. The van der Waals surface area contributed by atoms with Gasteiger partial charge in [0.25, 0.3) is 0 Å². The maximum Gasteiger partial charge on any atom is 0.125 e. The van der Waals surface area contributed by atoms with Crippen molar-refractivity contribution in [1.82, 2.24) is 15.0 Å². The molecule has 1 aliphatic rings. The van der Waals surface area contributed by atoms with E-state index >= 15 is 0 Å². The third-order valence-electron chi connectivity index (χ3n) is 1.94. The van der Waals surface area contributed by atoms with Crippen molar-refractivity contribution >= 4 is 23.8 Å². The lowest BCUT2D eigenvalue weighted by Gasteiger charge is -2.00. The summed E-state index contributed by atoms with van der Waals surface area (Å²) in [5, 5.41) is 9.80. The molecule has 72 valence electrons. The highest BCUT2D eigenvalue weighted by atomic mass is 35.5. The molecule has 1 aromatic rings. The van der Waals surface area contributed by atoms with Gasteiger partial charge in [0.1, 0.15) is 10.9 Å². The molecule has 0 bridgehead atoms. The smallest absolute Gasteiger partial charge is 0.125 e. The van der Waals surface area contributed by atoms with E-state index in [4.69, 9.17) is 11.6 Å². The molecular weight excluding hydrogens is 198 g/mol. The van der Waals surface area contributed by atoms with Crippen molar-refractivity contribution in [2.45, 2.75) is 12.4 Å². The molecule has 0 amide bonds. The van der Waals surface area contributed by atoms with Gasteiger partial charge < -0.3 is 0 Å². The van der Waals surface area contributed by atoms with Crippen molar-refractivity contribution in [3.63, 3.8) is 0 Å². The van der Waals surface area contributed by atoms with Gasteiger partial charge in [-0.05, 0) is 19.1 Å². The Morgan fingerprint density at radius 1 is 1.21 bits per heavy atom. The van der Waals surface area contributed by atoms with Gasteiger partial charge in [-0.3, -0.25) is 0 Å². The van der Waals surface area contributed by atoms with Crippen LogP contribution in [-0.2, 0) is 0 Å². The molecule has 0 saturated carbocycles. The third-order valence-corrected chi connectivity index (χ3v) is 2.12. The minimum Gasteiger partial charge on any atom is -0.227 e. The van der Waals surface area contributed by atoms with Crippen molar-refractivity contribution in [2.24, 2.45) is 0 Å². The fourth-order valence-corrected chi connectivity index (χ4v) is 1.42. The Hall–Kier alpha value is -1.35. The van der Waals surface area contributed by atoms with Gasteiger partial charge in [0.15, 0.2) is 0 Å². The van der Waals surface area contributed by atoms with Gasteiger partial charge in [-0.1, -0.05) is 41.1 Å². The number of nitrogens with zero attached hydrogens (tertiary/aromatic N) is 3. The predicted molar refractivity (Wildman–Crippen MR) is 57.0 cm³/mol. The summed E-state index contributed by atoms with van der Waals surface area (Å²) in [6.45, 7) is 1.86. The Morgan fingerprint density at radius 3 is 2.64 bits per heavy atom. The van der Waals surface area contributed by atoms with Gasteiger partial charge in [0.2, 0.25) is 0 Å². The Kier molecular flexibility index (Phi) is 2.50. The van der Waals surface area contributed by atoms with Gasteiger partial charge in [-0.2, -0.15) is 0 Å². The zero-order chi connectivity index (χ0) is 9.97. The van der Waals surface area contributed by atoms with Crippen LogP contribution in [-0.4, -0.2) is 15.0 Å². The van der Waals surface area contributed by atoms with Gasteiger partial charge in [0.05, 0.1) is 5.35 Å². The van der Waals surface area contributed by atoms with Gasteiger partial charge in [-0.25, -0.2) is 4.68 Å². The molecule has 1 unspecified atom stereocenters. The van der Waals surface area contributed by atoms with Crippen LogP contribution in [0.25, 0.3) is 12.2 Å². The molecule has 1 atom stereocenters. The molecule has 1 aromatic heterocycles. The summed E-state index contributed by atoms with van der Waals surface area (Å²) < 4.78 is 1.69. The molecule has 2 rings (SSSR count). The van der Waals surface area contributed by atoms with E-state index in [9.17, 15) is 0 Å². The number of alkyl halides is 1. The van der Waals surface area contributed by atoms with Crippen molar-refractivity contribution in [3.8, 4) is 0 Å². The highest BCUT2D eigenvalue weighted by molar-refractivity contribution is 6.18. The number of hydrogen-bond donors (Lipinski definition) is 0. The van der Waals surface area contributed by atoms with E-state index in [1.165, 1.54) is 0 Å². The average Bonchev–Trinajstić information content (AvgIpc) is 2.47. The Bertz CT molecular complexity index is 494. The van der Waals surface area contributed by atoms with Crippen LogP contribution in [0.3, 0.4) is 0 Å². The molecule has 0 N–H and O–H groups in total. The second-order valence-electron chi connectivity index (χ2n) is 2.98.